The summed E-state index contributed by atoms with van der Waals surface area (Å²) in [7, 11) is 1.62. The van der Waals surface area contributed by atoms with E-state index < -0.39 is 12.0 Å². The number of aliphatic carboxylic acids is 1. The van der Waals surface area contributed by atoms with Gasteiger partial charge in [0, 0.05) is 12.6 Å². The van der Waals surface area contributed by atoms with Crippen molar-refractivity contribution in [3.8, 4) is 0 Å². The molecule has 4 heteroatoms. The Labute approximate surface area is 84.6 Å². The molecular formula is C10H19NO3. The summed E-state index contributed by atoms with van der Waals surface area (Å²) in [6, 6.07) is -0.417. The molecule has 0 bridgehead atoms. The lowest BCUT2D eigenvalue weighted by atomic mass is 10.0. The maximum Gasteiger partial charge on any atom is 0.320 e. The highest BCUT2D eigenvalue weighted by Gasteiger charge is 2.39. The highest BCUT2D eigenvalue weighted by atomic mass is 16.5. The van der Waals surface area contributed by atoms with Crippen LogP contribution < -0.4 is 5.32 Å². The Balaban J connectivity index is 2.49. The van der Waals surface area contributed by atoms with E-state index in [1.165, 1.54) is 0 Å². The number of carboxylic acid groups (broad SMARTS) is 1. The van der Waals surface area contributed by atoms with Gasteiger partial charge in [-0.1, -0.05) is 0 Å². The van der Waals surface area contributed by atoms with Crippen LogP contribution in [0.2, 0.25) is 0 Å². The molecule has 1 aliphatic rings. The van der Waals surface area contributed by atoms with E-state index in [4.69, 9.17) is 9.84 Å². The van der Waals surface area contributed by atoms with E-state index in [-0.39, 0.29) is 5.54 Å². The van der Waals surface area contributed by atoms with E-state index in [9.17, 15) is 4.79 Å². The summed E-state index contributed by atoms with van der Waals surface area (Å²) < 4.78 is 5.03. The van der Waals surface area contributed by atoms with Crippen molar-refractivity contribution in [3.05, 3.63) is 0 Å². The normalized spacial score (nSPS) is 19.4. The molecule has 0 heterocycles. The Morgan fingerprint density at radius 1 is 1.64 bits per heavy atom. The summed E-state index contributed by atoms with van der Waals surface area (Å²) >= 11 is 0. The predicted octanol–water partition coefficient (Wildman–Crippen LogP) is 0.864. The Morgan fingerprint density at radius 2 is 2.21 bits per heavy atom. The monoisotopic (exact) mass is 201 g/mol. The molecule has 1 fully saturated rings. The molecule has 2 N–H and O–H groups in total. The predicted molar refractivity (Wildman–Crippen MR) is 53.2 cm³/mol. The molecule has 0 aliphatic heterocycles. The maximum atomic E-state index is 11.0. The topological polar surface area (TPSA) is 58.6 Å². The number of rotatable bonds is 6. The largest absolute Gasteiger partial charge is 0.480 e. The molecular weight excluding hydrogens is 182 g/mol. The average Bonchev–Trinajstić information content (AvgIpc) is 2.82. The van der Waals surface area contributed by atoms with E-state index in [1.54, 1.807) is 7.11 Å². The zero-order valence-corrected chi connectivity index (χ0v) is 9.04. The van der Waals surface area contributed by atoms with Crippen molar-refractivity contribution in [1.29, 1.82) is 0 Å². The van der Waals surface area contributed by atoms with Gasteiger partial charge in [0.15, 0.2) is 0 Å². The molecule has 1 aliphatic carbocycles. The zero-order chi connectivity index (χ0) is 10.8. The van der Waals surface area contributed by atoms with Crippen LogP contribution in [0.1, 0.15) is 26.7 Å². The number of ether oxygens (including phenoxy) is 1. The second kappa shape index (κ2) is 4.28. The van der Waals surface area contributed by atoms with Gasteiger partial charge in [-0.3, -0.25) is 10.1 Å². The van der Waals surface area contributed by atoms with Crippen LogP contribution in [0.5, 0.6) is 0 Å². The second-order valence-electron chi connectivity index (χ2n) is 4.61. The third kappa shape index (κ3) is 3.27. The van der Waals surface area contributed by atoms with Crippen LogP contribution in [0.25, 0.3) is 0 Å². The van der Waals surface area contributed by atoms with Crippen LogP contribution >= 0.6 is 0 Å². The first-order chi connectivity index (χ1) is 6.46. The molecule has 0 saturated heterocycles. The number of nitrogens with one attached hydrogen (secondary N) is 1. The van der Waals surface area contributed by atoms with E-state index in [1.807, 2.05) is 13.8 Å². The lowest BCUT2D eigenvalue weighted by Gasteiger charge is -2.29. The third-order valence-electron chi connectivity index (χ3n) is 2.41. The van der Waals surface area contributed by atoms with E-state index >= 15 is 0 Å². The minimum atomic E-state index is -0.753. The van der Waals surface area contributed by atoms with Gasteiger partial charge in [-0.2, -0.15) is 0 Å². The molecule has 82 valence electrons. The van der Waals surface area contributed by atoms with Gasteiger partial charge >= 0.3 is 5.97 Å². The van der Waals surface area contributed by atoms with Gasteiger partial charge < -0.3 is 9.84 Å². The molecule has 0 spiro atoms. The third-order valence-corrected chi connectivity index (χ3v) is 2.41. The Kier molecular flexibility index (Phi) is 3.50. The van der Waals surface area contributed by atoms with Crippen molar-refractivity contribution in [2.45, 2.75) is 38.3 Å². The molecule has 1 rings (SSSR count). The number of methoxy groups -OCH3 is 1. The maximum absolute atomic E-state index is 11.0. The zero-order valence-electron chi connectivity index (χ0n) is 9.04. The molecule has 14 heavy (non-hydrogen) atoms. The number of hydrogen-bond acceptors (Lipinski definition) is 3. The fraction of sp³-hybridized carbons (Fsp3) is 0.900. The van der Waals surface area contributed by atoms with Gasteiger partial charge in [0.05, 0.1) is 6.61 Å². The second-order valence-corrected chi connectivity index (χ2v) is 4.61. The first-order valence-corrected chi connectivity index (χ1v) is 4.96. The van der Waals surface area contributed by atoms with Crippen molar-refractivity contribution < 1.29 is 14.6 Å². The van der Waals surface area contributed by atoms with Crippen LogP contribution in [-0.4, -0.2) is 36.4 Å². The summed E-state index contributed by atoms with van der Waals surface area (Å²) in [4.78, 5) is 11.0. The van der Waals surface area contributed by atoms with Gasteiger partial charge in [0.1, 0.15) is 6.04 Å². The molecule has 0 aromatic carbocycles. The molecule has 0 aromatic heterocycles. The molecule has 0 amide bonds. The Bertz CT molecular complexity index is 211. The molecule has 4 nitrogen and oxygen atoms in total. The highest BCUT2D eigenvalue weighted by Crippen LogP contribution is 2.33. The molecule has 1 saturated carbocycles. The summed E-state index contributed by atoms with van der Waals surface area (Å²) in [6.07, 6.45) is 2.04. The van der Waals surface area contributed by atoms with Crippen LogP contribution in [0.3, 0.4) is 0 Å². The Hall–Kier alpha value is -0.610. The van der Waals surface area contributed by atoms with Gasteiger partial charge in [-0.25, -0.2) is 0 Å². The van der Waals surface area contributed by atoms with Crippen LogP contribution in [0.15, 0.2) is 0 Å². The van der Waals surface area contributed by atoms with Crippen molar-refractivity contribution in [2.24, 2.45) is 5.92 Å². The smallest absolute Gasteiger partial charge is 0.320 e. The van der Waals surface area contributed by atoms with Crippen LogP contribution in [-0.2, 0) is 9.53 Å². The van der Waals surface area contributed by atoms with Crippen molar-refractivity contribution in [1.82, 2.24) is 5.32 Å². The Morgan fingerprint density at radius 3 is 2.57 bits per heavy atom. The molecule has 0 radical (unpaired) electrons. The fourth-order valence-corrected chi connectivity index (χ4v) is 1.63. The SMILES string of the molecule is COCC(C)(C)NC(C(=O)O)C1CC1. The molecule has 1 unspecified atom stereocenters. The van der Waals surface area contributed by atoms with Crippen LogP contribution in [0, 0.1) is 5.92 Å². The minimum absolute atomic E-state index is 0.277. The van der Waals surface area contributed by atoms with Crippen molar-refractivity contribution in [3.63, 3.8) is 0 Å². The summed E-state index contributed by atoms with van der Waals surface area (Å²) in [5, 5.41) is 12.1. The first-order valence-electron chi connectivity index (χ1n) is 4.96. The first kappa shape index (κ1) is 11.5. The van der Waals surface area contributed by atoms with E-state index in [2.05, 4.69) is 5.32 Å². The standard InChI is InChI=1S/C10H19NO3/c1-10(2,6-14-3)11-8(9(12)13)7-4-5-7/h7-8,11H,4-6H2,1-3H3,(H,12,13). The van der Waals surface area contributed by atoms with E-state index in [0.29, 0.717) is 12.5 Å². The van der Waals surface area contributed by atoms with Gasteiger partial charge in [-0.05, 0) is 32.6 Å². The fourth-order valence-electron chi connectivity index (χ4n) is 1.63. The average molecular weight is 201 g/mol. The van der Waals surface area contributed by atoms with Crippen LogP contribution in [0.4, 0.5) is 0 Å². The number of carbonyl (C=O) groups is 1. The summed E-state index contributed by atoms with van der Waals surface area (Å²) in [5.41, 5.74) is -0.277. The van der Waals surface area contributed by atoms with Gasteiger partial charge in [0.2, 0.25) is 0 Å². The summed E-state index contributed by atoms with van der Waals surface area (Å²) in [5.74, 6) is -0.444. The molecule has 1 atom stereocenters. The lowest BCUT2D eigenvalue weighted by molar-refractivity contribution is -0.140. The number of carboxylic acids is 1. The minimum Gasteiger partial charge on any atom is -0.480 e. The van der Waals surface area contributed by atoms with Gasteiger partial charge in [-0.15, -0.1) is 0 Å². The number of hydrogen-bond donors (Lipinski definition) is 2. The quantitative estimate of drug-likeness (QED) is 0.669. The van der Waals surface area contributed by atoms with E-state index in [0.717, 1.165) is 12.8 Å². The van der Waals surface area contributed by atoms with Crippen molar-refractivity contribution in [2.75, 3.05) is 13.7 Å². The summed E-state index contributed by atoms with van der Waals surface area (Å²) in [6.45, 7) is 4.42. The van der Waals surface area contributed by atoms with Gasteiger partial charge in [0.25, 0.3) is 0 Å². The highest BCUT2D eigenvalue weighted by molar-refractivity contribution is 5.74. The molecule has 0 aromatic rings. The lowest BCUT2D eigenvalue weighted by Crippen LogP contribution is -2.53. The van der Waals surface area contributed by atoms with Crippen molar-refractivity contribution >= 4 is 5.97 Å².